The van der Waals surface area contributed by atoms with Crippen molar-refractivity contribution in [3.05, 3.63) is 60.2 Å². The van der Waals surface area contributed by atoms with Crippen LogP contribution in [0.25, 0.3) is 32.3 Å². The molecule has 4 heteroatoms. The Morgan fingerprint density at radius 3 is 2.33 bits per heavy atom. The van der Waals surface area contributed by atoms with Crippen molar-refractivity contribution in [2.45, 2.75) is 71.2 Å². The monoisotopic (exact) mass is 443 g/mol. The summed E-state index contributed by atoms with van der Waals surface area (Å²) < 4.78 is 11.7. The minimum absolute atomic E-state index is 0.0228. The summed E-state index contributed by atoms with van der Waals surface area (Å²) >= 11 is 0. The fourth-order valence-electron chi connectivity index (χ4n) is 5.32. The van der Waals surface area contributed by atoms with Crippen molar-refractivity contribution in [2.75, 3.05) is 6.61 Å². The minimum Gasteiger partial charge on any atom is -0.444 e. The number of aryl methyl sites for hydroxylation is 1. The van der Waals surface area contributed by atoms with Crippen LogP contribution in [0.15, 0.2) is 54.6 Å². The van der Waals surface area contributed by atoms with E-state index >= 15 is 0 Å². The molecule has 1 saturated heterocycles. The second-order valence-corrected chi connectivity index (χ2v) is 10.7. The Hall–Kier alpha value is -2.85. The summed E-state index contributed by atoms with van der Waals surface area (Å²) in [6.07, 6.45) is 2.53. The number of rotatable bonds is 4. The number of nitrogens with zero attached hydrogens (tertiary/aromatic N) is 1. The maximum Gasteiger partial charge on any atom is 0.412 e. The molecule has 4 nitrogen and oxygen atoms in total. The zero-order valence-electron chi connectivity index (χ0n) is 20.3. The van der Waals surface area contributed by atoms with E-state index in [-0.39, 0.29) is 12.1 Å². The Morgan fingerprint density at radius 1 is 1.00 bits per heavy atom. The number of ether oxygens (including phenoxy) is 2. The maximum atomic E-state index is 12.9. The standard InChI is InChI=1S/C29H33NO3/c1-28(2,3)33-27(31)30-23(18-32-29(30,4)5)11-7-8-19-12-13-22-15-14-20-9-6-10-21-16-17-24(19)26(22)25(20)21/h6,9-10,12-17,23H,7-8,11,18H2,1-5H3/t23-/m0/s1. The first-order valence-corrected chi connectivity index (χ1v) is 12.0. The molecule has 0 saturated carbocycles. The van der Waals surface area contributed by atoms with Gasteiger partial charge in [-0.2, -0.15) is 0 Å². The number of benzene rings is 4. The Morgan fingerprint density at radius 2 is 1.64 bits per heavy atom. The number of hydrogen-bond donors (Lipinski definition) is 0. The lowest BCUT2D eigenvalue weighted by Gasteiger charge is -2.35. The Balaban J connectivity index is 1.37. The lowest BCUT2D eigenvalue weighted by molar-refractivity contribution is -0.0627. The highest BCUT2D eigenvalue weighted by Crippen LogP contribution is 2.37. The summed E-state index contributed by atoms with van der Waals surface area (Å²) in [5, 5.41) is 7.94. The maximum absolute atomic E-state index is 12.9. The van der Waals surface area contributed by atoms with Crippen molar-refractivity contribution in [3.8, 4) is 0 Å². The summed E-state index contributed by atoms with van der Waals surface area (Å²) in [7, 11) is 0. The zero-order chi connectivity index (χ0) is 23.4. The van der Waals surface area contributed by atoms with Crippen molar-refractivity contribution in [1.82, 2.24) is 4.90 Å². The van der Waals surface area contributed by atoms with Crippen molar-refractivity contribution in [1.29, 1.82) is 0 Å². The number of hydrogen-bond acceptors (Lipinski definition) is 3. The molecule has 33 heavy (non-hydrogen) atoms. The van der Waals surface area contributed by atoms with Gasteiger partial charge in [0, 0.05) is 0 Å². The second-order valence-electron chi connectivity index (χ2n) is 10.7. The van der Waals surface area contributed by atoms with Crippen LogP contribution in [0.4, 0.5) is 4.79 Å². The van der Waals surface area contributed by atoms with Gasteiger partial charge in [-0.3, -0.25) is 4.90 Å². The molecule has 1 aliphatic heterocycles. The fraction of sp³-hybridized carbons (Fsp3) is 0.414. The van der Waals surface area contributed by atoms with Gasteiger partial charge in [0.05, 0.1) is 12.6 Å². The van der Waals surface area contributed by atoms with Crippen LogP contribution in [0.3, 0.4) is 0 Å². The average Bonchev–Trinajstić information content (AvgIpc) is 3.05. The Labute approximate surface area is 195 Å². The highest BCUT2D eigenvalue weighted by Gasteiger charge is 2.45. The van der Waals surface area contributed by atoms with Crippen LogP contribution in [-0.4, -0.2) is 35.0 Å². The van der Waals surface area contributed by atoms with E-state index in [0.717, 1.165) is 19.3 Å². The molecular formula is C29H33NO3. The summed E-state index contributed by atoms with van der Waals surface area (Å²) in [5.74, 6) is 0. The van der Waals surface area contributed by atoms with E-state index in [0.29, 0.717) is 6.61 Å². The molecule has 4 aromatic rings. The van der Waals surface area contributed by atoms with Crippen molar-refractivity contribution in [2.24, 2.45) is 0 Å². The normalized spacial score (nSPS) is 18.6. The Kier molecular flexibility index (Phi) is 5.24. The number of carbonyl (C=O) groups excluding carboxylic acids is 1. The smallest absolute Gasteiger partial charge is 0.412 e. The van der Waals surface area contributed by atoms with Crippen LogP contribution >= 0.6 is 0 Å². The molecule has 1 aliphatic rings. The van der Waals surface area contributed by atoms with Gasteiger partial charge in [-0.1, -0.05) is 54.6 Å². The van der Waals surface area contributed by atoms with Crippen molar-refractivity contribution >= 4 is 38.4 Å². The first-order chi connectivity index (χ1) is 15.6. The van der Waals surface area contributed by atoms with Gasteiger partial charge in [-0.15, -0.1) is 0 Å². The van der Waals surface area contributed by atoms with Gasteiger partial charge in [0.15, 0.2) is 0 Å². The first-order valence-electron chi connectivity index (χ1n) is 12.0. The van der Waals surface area contributed by atoms with E-state index in [1.165, 1.54) is 37.9 Å². The van der Waals surface area contributed by atoms with Crippen LogP contribution in [0.5, 0.6) is 0 Å². The molecule has 0 N–H and O–H groups in total. The van der Waals surface area contributed by atoms with Gasteiger partial charge in [0.1, 0.15) is 11.3 Å². The van der Waals surface area contributed by atoms with Gasteiger partial charge in [0.2, 0.25) is 0 Å². The highest BCUT2D eigenvalue weighted by molar-refractivity contribution is 6.23. The van der Waals surface area contributed by atoms with E-state index < -0.39 is 11.3 Å². The van der Waals surface area contributed by atoms with Gasteiger partial charge in [0.25, 0.3) is 0 Å². The van der Waals surface area contributed by atoms with Crippen LogP contribution < -0.4 is 0 Å². The number of carbonyl (C=O) groups is 1. The van der Waals surface area contributed by atoms with Gasteiger partial charge in [-0.25, -0.2) is 4.79 Å². The van der Waals surface area contributed by atoms with Gasteiger partial charge >= 0.3 is 6.09 Å². The molecule has 0 aliphatic carbocycles. The third-order valence-corrected chi connectivity index (χ3v) is 6.77. The van der Waals surface area contributed by atoms with E-state index in [1.807, 2.05) is 34.6 Å². The lowest BCUT2D eigenvalue weighted by Crippen LogP contribution is -2.49. The zero-order valence-corrected chi connectivity index (χ0v) is 20.3. The summed E-state index contributed by atoms with van der Waals surface area (Å²) in [6, 6.07) is 20.0. The molecule has 0 spiro atoms. The molecule has 0 aromatic heterocycles. The fourth-order valence-corrected chi connectivity index (χ4v) is 5.32. The molecular weight excluding hydrogens is 410 g/mol. The average molecular weight is 444 g/mol. The molecule has 4 aromatic carbocycles. The molecule has 1 fully saturated rings. The first kappa shape index (κ1) is 22.0. The quantitative estimate of drug-likeness (QED) is 0.311. The molecule has 1 heterocycles. The predicted molar refractivity (Wildman–Crippen MR) is 135 cm³/mol. The molecule has 1 amide bonds. The van der Waals surface area contributed by atoms with Gasteiger partial charge < -0.3 is 9.47 Å². The van der Waals surface area contributed by atoms with Crippen molar-refractivity contribution in [3.63, 3.8) is 0 Å². The van der Waals surface area contributed by atoms with E-state index in [1.54, 1.807) is 4.90 Å². The summed E-state index contributed by atoms with van der Waals surface area (Å²) in [6.45, 7) is 10.1. The van der Waals surface area contributed by atoms with Crippen molar-refractivity contribution < 1.29 is 14.3 Å². The van der Waals surface area contributed by atoms with Crippen LogP contribution in [0, 0.1) is 0 Å². The highest BCUT2D eigenvalue weighted by atomic mass is 16.6. The molecule has 0 bridgehead atoms. The topological polar surface area (TPSA) is 38.8 Å². The van der Waals surface area contributed by atoms with E-state index in [2.05, 4.69) is 54.6 Å². The van der Waals surface area contributed by atoms with E-state index in [4.69, 9.17) is 9.47 Å². The lowest BCUT2D eigenvalue weighted by atomic mass is 9.90. The summed E-state index contributed by atoms with van der Waals surface area (Å²) in [4.78, 5) is 14.7. The second kappa shape index (κ2) is 7.88. The Bertz CT molecular complexity index is 1300. The minimum atomic E-state index is -0.653. The van der Waals surface area contributed by atoms with Crippen LogP contribution in [0.2, 0.25) is 0 Å². The van der Waals surface area contributed by atoms with E-state index in [9.17, 15) is 4.79 Å². The number of amides is 1. The van der Waals surface area contributed by atoms with Gasteiger partial charge in [-0.05, 0) is 91.8 Å². The molecule has 5 rings (SSSR count). The third kappa shape index (κ3) is 4.02. The third-order valence-electron chi connectivity index (χ3n) is 6.77. The molecule has 0 unspecified atom stereocenters. The predicted octanol–water partition coefficient (Wildman–Crippen LogP) is 7.28. The largest absolute Gasteiger partial charge is 0.444 e. The summed E-state index contributed by atoms with van der Waals surface area (Å²) in [5.41, 5.74) is 0.185. The van der Waals surface area contributed by atoms with Crippen LogP contribution in [-0.2, 0) is 15.9 Å². The molecule has 1 atom stereocenters. The molecule has 172 valence electrons. The molecule has 0 radical (unpaired) electrons. The SMILES string of the molecule is CC(C)(C)OC(=O)N1[C@@H](CCCc2ccc3ccc4cccc5ccc2c3c45)COC1(C)C. The van der Waals surface area contributed by atoms with Crippen LogP contribution in [0.1, 0.15) is 53.0 Å².